The van der Waals surface area contributed by atoms with Crippen molar-refractivity contribution in [2.24, 2.45) is 17.3 Å². The van der Waals surface area contributed by atoms with Crippen LogP contribution in [-0.4, -0.2) is 11.2 Å². The Morgan fingerprint density at radius 3 is 2.92 bits per heavy atom. The maximum atomic E-state index is 9.91. The number of halogens is 1. The number of hydrogen-bond donors (Lipinski definition) is 1. The molecule has 1 saturated carbocycles. The molecule has 0 saturated heterocycles. The van der Waals surface area contributed by atoms with Gasteiger partial charge in [0.1, 0.15) is 0 Å². The Morgan fingerprint density at radius 2 is 2.23 bits per heavy atom. The third-order valence-electron chi connectivity index (χ3n) is 3.72. The van der Waals surface area contributed by atoms with Crippen molar-refractivity contribution >= 4 is 15.9 Å². The van der Waals surface area contributed by atoms with Crippen LogP contribution < -0.4 is 0 Å². The monoisotopic (exact) mass is 244 g/mol. The summed E-state index contributed by atoms with van der Waals surface area (Å²) >= 11 is 3.54. The lowest BCUT2D eigenvalue weighted by molar-refractivity contribution is 0.137. The highest BCUT2D eigenvalue weighted by Gasteiger charge is 2.47. The van der Waals surface area contributed by atoms with Crippen molar-refractivity contribution in [3.8, 4) is 0 Å². The molecule has 0 aromatic carbocycles. The van der Waals surface area contributed by atoms with E-state index < -0.39 is 0 Å². The summed E-state index contributed by atoms with van der Waals surface area (Å²) in [4.78, 5) is 0. The van der Waals surface area contributed by atoms with Gasteiger partial charge in [-0.2, -0.15) is 0 Å². The van der Waals surface area contributed by atoms with Crippen LogP contribution in [0, 0.1) is 17.3 Å². The van der Waals surface area contributed by atoms with E-state index in [4.69, 9.17) is 0 Å². The lowest BCUT2D eigenvalue weighted by Gasteiger charge is -2.32. The predicted octanol–water partition coefficient (Wildman–Crippen LogP) is 3.08. The van der Waals surface area contributed by atoms with E-state index in [2.05, 4.69) is 35.9 Å². The van der Waals surface area contributed by atoms with Gasteiger partial charge < -0.3 is 5.11 Å². The second kappa shape index (κ2) is 3.09. The number of rotatable bonds is 0. The molecule has 1 N–H and O–H groups in total. The average molecular weight is 245 g/mol. The second-order valence-electron chi connectivity index (χ2n) is 5.10. The third kappa shape index (κ3) is 1.59. The number of hydrogen-bond acceptors (Lipinski definition) is 1. The lowest BCUT2D eigenvalue weighted by atomic mass is 9.74. The van der Waals surface area contributed by atoms with E-state index in [1.54, 1.807) is 0 Å². The SMILES string of the molecule is CC1(C)C[C@H](O)[C@@H]2C=C(Br)CC[C@@H]21. The van der Waals surface area contributed by atoms with Crippen molar-refractivity contribution in [2.45, 2.75) is 39.2 Å². The van der Waals surface area contributed by atoms with E-state index >= 15 is 0 Å². The van der Waals surface area contributed by atoms with Gasteiger partial charge >= 0.3 is 0 Å². The Kier molecular flexibility index (Phi) is 2.31. The number of aliphatic hydroxyl groups is 1. The number of aliphatic hydroxyl groups excluding tert-OH is 1. The van der Waals surface area contributed by atoms with Crippen molar-refractivity contribution in [1.82, 2.24) is 0 Å². The minimum Gasteiger partial charge on any atom is -0.392 e. The van der Waals surface area contributed by atoms with Crippen LogP contribution in [0.3, 0.4) is 0 Å². The van der Waals surface area contributed by atoms with Gasteiger partial charge in [0.15, 0.2) is 0 Å². The molecule has 0 amide bonds. The minimum atomic E-state index is -0.118. The van der Waals surface area contributed by atoms with E-state index in [1.165, 1.54) is 10.9 Å². The molecule has 0 aromatic heterocycles. The summed E-state index contributed by atoms with van der Waals surface area (Å²) < 4.78 is 1.28. The quantitative estimate of drug-likeness (QED) is 0.695. The molecule has 2 rings (SSSR count). The summed E-state index contributed by atoms with van der Waals surface area (Å²) in [5.41, 5.74) is 0.328. The molecule has 74 valence electrons. The van der Waals surface area contributed by atoms with Crippen LogP contribution in [-0.2, 0) is 0 Å². The van der Waals surface area contributed by atoms with E-state index in [1.807, 2.05) is 0 Å². The van der Waals surface area contributed by atoms with E-state index in [9.17, 15) is 5.11 Å². The van der Waals surface area contributed by atoms with Crippen LogP contribution in [0.15, 0.2) is 10.6 Å². The molecule has 0 aromatic rings. The summed E-state index contributed by atoms with van der Waals surface area (Å²) in [6, 6.07) is 0. The molecular weight excluding hydrogens is 228 g/mol. The maximum absolute atomic E-state index is 9.91. The fourth-order valence-corrected chi connectivity index (χ4v) is 3.55. The molecule has 0 unspecified atom stereocenters. The maximum Gasteiger partial charge on any atom is 0.0611 e. The van der Waals surface area contributed by atoms with Gasteiger partial charge in [0.25, 0.3) is 0 Å². The first-order chi connectivity index (χ1) is 6.00. The minimum absolute atomic E-state index is 0.118. The van der Waals surface area contributed by atoms with Gasteiger partial charge in [0.05, 0.1) is 6.10 Å². The van der Waals surface area contributed by atoms with Crippen LogP contribution in [0.1, 0.15) is 33.1 Å². The van der Waals surface area contributed by atoms with Gasteiger partial charge in [-0.1, -0.05) is 35.9 Å². The van der Waals surface area contributed by atoms with Gasteiger partial charge in [0.2, 0.25) is 0 Å². The van der Waals surface area contributed by atoms with Gasteiger partial charge in [-0.25, -0.2) is 0 Å². The first kappa shape index (κ1) is 9.72. The standard InChI is InChI=1S/C11H17BrO/c1-11(2)6-10(13)8-5-7(12)3-4-9(8)11/h5,8-10,13H,3-4,6H2,1-2H3/t8-,9+,10+/m1/s1. The molecule has 0 heterocycles. The molecule has 2 aliphatic carbocycles. The molecule has 0 radical (unpaired) electrons. The van der Waals surface area contributed by atoms with Crippen molar-refractivity contribution in [3.05, 3.63) is 10.6 Å². The average Bonchev–Trinajstić information content (AvgIpc) is 2.22. The Labute approximate surface area is 88.3 Å². The highest BCUT2D eigenvalue weighted by Crippen LogP contribution is 2.52. The molecule has 2 aliphatic rings. The summed E-state index contributed by atoms with van der Waals surface area (Å²) in [6.07, 6.45) is 5.45. The highest BCUT2D eigenvalue weighted by molar-refractivity contribution is 9.11. The van der Waals surface area contributed by atoms with Crippen molar-refractivity contribution in [1.29, 1.82) is 0 Å². The topological polar surface area (TPSA) is 20.2 Å². The predicted molar refractivity (Wildman–Crippen MR) is 57.6 cm³/mol. The zero-order chi connectivity index (χ0) is 9.64. The zero-order valence-electron chi connectivity index (χ0n) is 8.26. The molecule has 0 spiro atoms. The molecule has 13 heavy (non-hydrogen) atoms. The molecule has 3 atom stereocenters. The molecule has 0 bridgehead atoms. The summed E-state index contributed by atoms with van der Waals surface area (Å²) in [6.45, 7) is 4.57. The Balaban J connectivity index is 2.27. The van der Waals surface area contributed by atoms with Crippen molar-refractivity contribution in [3.63, 3.8) is 0 Å². The number of allylic oxidation sites excluding steroid dienone is 1. The molecule has 1 nitrogen and oxygen atoms in total. The van der Waals surface area contributed by atoms with Crippen LogP contribution >= 0.6 is 15.9 Å². The molecule has 2 heteroatoms. The second-order valence-corrected chi connectivity index (χ2v) is 6.11. The van der Waals surface area contributed by atoms with Gasteiger partial charge in [0, 0.05) is 5.92 Å². The van der Waals surface area contributed by atoms with E-state index in [-0.39, 0.29) is 6.10 Å². The fraction of sp³-hybridized carbons (Fsp3) is 0.818. The smallest absolute Gasteiger partial charge is 0.0611 e. The lowest BCUT2D eigenvalue weighted by Crippen LogP contribution is -2.25. The number of fused-ring (bicyclic) bond motifs is 1. The summed E-state index contributed by atoms with van der Waals surface area (Å²) in [5.74, 6) is 1.09. The van der Waals surface area contributed by atoms with Crippen molar-refractivity contribution in [2.75, 3.05) is 0 Å². The Morgan fingerprint density at radius 1 is 1.54 bits per heavy atom. The van der Waals surface area contributed by atoms with Crippen LogP contribution in [0.25, 0.3) is 0 Å². The van der Waals surface area contributed by atoms with Crippen LogP contribution in [0.5, 0.6) is 0 Å². The zero-order valence-corrected chi connectivity index (χ0v) is 9.84. The largest absolute Gasteiger partial charge is 0.392 e. The Hall–Kier alpha value is 0.180. The summed E-state index contributed by atoms with van der Waals surface area (Å²) in [7, 11) is 0. The van der Waals surface area contributed by atoms with E-state index in [0.717, 1.165) is 12.8 Å². The first-order valence-electron chi connectivity index (χ1n) is 5.05. The van der Waals surface area contributed by atoms with Crippen LogP contribution in [0.2, 0.25) is 0 Å². The third-order valence-corrected chi connectivity index (χ3v) is 4.38. The summed E-state index contributed by atoms with van der Waals surface area (Å²) in [5, 5.41) is 9.91. The Bertz CT molecular complexity index is 244. The molecule has 1 fully saturated rings. The van der Waals surface area contributed by atoms with E-state index in [0.29, 0.717) is 17.3 Å². The van der Waals surface area contributed by atoms with Crippen molar-refractivity contribution < 1.29 is 5.11 Å². The van der Waals surface area contributed by atoms with Gasteiger partial charge in [-0.05, 0) is 35.1 Å². The normalized spacial score (nSPS) is 42.8. The fourth-order valence-electron chi connectivity index (χ4n) is 3.01. The van der Waals surface area contributed by atoms with Crippen LogP contribution in [0.4, 0.5) is 0 Å². The molecular formula is C11H17BrO. The molecule has 0 aliphatic heterocycles. The highest BCUT2D eigenvalue weighted by atomic mass is 79.9. The van der Waals surface area contributed by atoms with Gasteiger partial charge in [-0.3, -0.25) is 0 Å². The first-order valence-corrected chi connectivity index (χ1v) is 5.84. The van der Waals surface area contributed by atoms with Gasteiger partial charge in [-0.15, -0.1) is 0 Å².